The van der Waals surface area contributed by atoms with Crippen LogP contribution in [-0.2, 0) is 0 Å². The Morgan fingerprint density at radius 2 is 1.75 bits per heavy atom. The first kappa shape index (κ1) is 21.6. The van der Waals surface area contributed by atoms with E-state index in [-0.39, 0.29) is 5.91 Å². The molecule has 0 spiro atoms. The lowest BCUT2D eigenvalue weighted by molar-refractivity contribution is 0.0955. The number of aliphatic imine (C=N–C) groups is 1. The van der Waals surface area contributed by atoms with Crippen LogP contribution in [0, 0.1) is 0 Å². The molecular formula is C21H28N4O2S. The molecule has 2 aromatic carbocycles. The van der Waals surface area contributed by atoms with Crippen molar-refractivity contribution in [1.29, 1.82) is 0 Å². The van der Waals surface area contributed by atoms with Gasteiger partial charge in [-0.2, -0.15) is 0 Å². The number of nitrogens with one attached hydrogen (secondary N) is 3. The molecule has 0 saturated carbocycles. The standard InChI is InChI=1S/C21H28N4O2S/c1-3-22-21(25-15-16-28-19-7-5-4-6-8-19)24-14-13-23-20(26)17-9-11-18(27-2)12-10-17/h4-12H,3,13-16H2,1-2H3,(H,23,26)(H2,22,24,25). The van der Waals surface area contributed by atoms with Crippen LogP contribution in [-0.4, -0.2) is 50.9 Å². The van der Waals surface area contributed by atoms with Crippen molar-refractivity contribution in [2.45, 2.75) is 11.8 Å². The summed E-state index contributed by atoms with van der Waals surface area (Å²) in [6.45, 7) is 4.60. The van der Waals surface area contributed by atoms with E-state index >= 15 is 0 Å². The van der Waals surface area contributed by atoms with Gasteiger partial charge >= 0.3 is 0 Å². The molecule has 7 heteroatoms. The number of guanidine groups is 1. The third kappa shape index (κ3) is 7.92. The smallest absolute Gasteiger partial charge is 0.251 e. The minimum Gasteiger partial charge on any atom is -0.497 e. The number of hydrogen-bond donors (Lipinski definition) is 3. The summed E-state index contributed by atoms with van der Waals surface area (Å²) < 4.78 is 5.10. The Labute approximate surface area is 171 Å². The zero-order valence-electron chi connectivity index (χ0n) is 16.4. The third-order valence-electron chi connectivity index (χ3n) is 3.77. The van der Waals surface area contributed by atoms with Gasteiger partial charge in [0.05, 0.1) is 13.7 Å². The van der Waals surface area contributed by atoms with E-state index in [1.807, 2.05) is 25.1 Å². The van der Waals surface area contributed by atoms with E-state index in [2.05, 4.69) is 33.1 Å². The quantitative estimate of drug-likeness (QED) is 0.247. The molecular weight excluding hydrogens is 372 g/mol. The fourth-order valence-electron chi connectivity index (χ4n) is 2.38. The summed E-state index contributed by atoms with van der Waals surface area (Å²) in [7, 11) is 1.60. The summed E-state index contributed by atoms with van der Waals surface area (Å²) in [6.07, 6.45) is 0. The van der Waals surface area contributed by atoms with Gasteiger partial charge in [-0.25, -0.2) is 0 Å². The van der Waals surface area contributed by atoms with Crippen molar-refractivity contribution in [2.24, 2.45) is 4.99 Å². The largest absolute Gasteiger partial charge is 0.497 e. The average molecular weight is 401 g/mol. The molecule has 0 aromatic heterocycles. The van der Waals surface area contributed by atoms with E-state index in [1.165, 1.54) is 4.90 Å². The number of amides is 1. The van der Waals surface area contributed by atoms with Crippen LogP contribution in [0.3, 0.4) is 0 Å². The lowest BCUT2D eigenvalue weighted by Gasteiger charge is -2.11. The van der Waals surface area contributed by atoms with Crippen molar-refractivity contribution in [3.05, 3.63) is 60.2 Å². The van der Waals surface area contributed by atoms with Crippen LogP contribution < -0.4 is 20.7 Å². The third-order valence-corrected chi connectivity index (χ3v) is 4.78. The number of thioether (sulfide) groups is 1. The molecule has 2 rings (SSSR count). The Morgan fingerprint density at radius 1 is 1.00 bits per heavy atom. The molecule has 0 unspecified atom stereocenters. The van der Waals surface area contributed by atoms with Crippen molar-refractivity contribution in [1.82, 2.24) is 16.0 Å². The van der Waals surface area contributed by atoms with Gasteiger partial charge in [-0.3, -0.25) is 9.79 Å². The van der Waals surface area contributed by atoms with Crippen molar-refractivity contribution in [3.8, 4) is 5.75 Å². The number of carbonyl (C=O) groups is 1. The minimum absolute atomic E-state index is 0.116. The lowest BCUT2D eigenvalue weighted by Crippen LogP contribution is -2.39. The fraction of sp³-hybridized carbons (Fsp3) is 0.333. The summed E-state index contributed by atoms with van der Waals surface area (Å²) >= 11 is 1.80. The highest BCUT2D eigenvalue weighted by Crippen LogP contribution is 2.15. The zero-order chi connectivity index (χ0) is 20.0. The maximum absolute atomic E-state index is 12.1. The number of nitrogens with zero attached hydrogens (tertiary/aromatic N) is 1. The summed E-state index contributed by atoms with van der Waals surface area (Å²) in [4.78, 5) is 17.9. The van der Waals surface area contributed by atoms with E-state index < -0.39 is 0 Å². The number of rotatable bonds is 10. The fourth-order valence-corrected chi connectivity index (χ4v) is 3.17. The van der Waals surface area contributed by atoms with Crippen molar-refractivity contribution in [2.75, 3.05) is 39.0 Å². The molecule has 0 aliphatic heterocycles. The number of carbonyl (C=O) groups excluding carboxylic acids is 1. The predicted octanol–water partition coefficient (Wildman–Crippen LogP) is 2.77. The van der Waals surface area contributed by atoms with Gasteiger partial charge < -0.3 is 20.7 Å². The molecule has 150 valence electrons. The van der Waals surface area contributed by atoms with Gasteiger partial charge in [0, 0.05) is 35.8 Å². The van der Waals surface area contributed by atoms with Gasteiger partial charge in [-0.1, -0.05) is 18.2 Å². The average Bonchev–Trinajstić information content (AvgIpc) is 2.74. The predicted molar refractivity (Wildman–Crippen MR) is 116 cm³/mol. The van der Waals surface area contributed by atoms with Gasteiger partial charge in [-0.05, 0) is 43.3 Å². The molecule has 0 atom stereocenters. The van der Waals surface area contributed by atoms with Gasteiger partial charge in [0.25, 0.3) is 5.91 Å². The van der Waals surface area contributed by atoms with E-state index in [1.54, 1.807) is 43.1 Å². The van der Waals surface area contributed by atoms with Crippen LogP contribution >= 0.6 is 11.8 Å². The van der Waals surface area contributed by atoms with E-state index in [0.717, 1.165) is 30.6 Å². The molecule has 0 heterocycles. The van der Waals surface area contributed by atoms with Gasteiger partial charge in [0.15, 0.2) is 5.96 Å². The second-order valence-electron chi connectivity index (χ2n) is 5.83. The maximum atomic E-state index is 12.1. The Hall–Kier alpha value is -2.67. The molecule has 0 radical (unpaired) electrons. The highest BCUT2D eigenvalue weighted by molar-refractivity contribution is 7.99. The number of methoxy groups -OCH3 is 1. The number of benzene rings is 2. The van der Waals surface area contributed by atoms with Crippen LogP contribution in [0.15, 0.2) is 64.5 Å². The van der Waals surface area contributed by atoms with Gasteiger partial charge in [-0.15, -0.1) is 11.8 Å². The highest BCUT2D eigenvalue weighted by Gasteiger charge is 2.04. The Kier molecular flexibility index (Phi) is 9.79. The molecule has 6 nitrogen and oxygen atoms in total. The minimum atomic E-state index is -0.116. The summed E-state index contributed by atoms with van der Waals surface area (Å²) in [5.41, 5.74) is 0.604. The normalized spacial score (nSPS) is 11.0. The summed E-state index contributed by atoms with van der Waals surface area (Å²) in [5.74, 6) is 2.32. The van der Waals surface area contributed by atoms with Gasteiger partial charge in [0.2, 0.25) is 0 Å². The van der Waals surface area contributed by atoms with E-state index in [9.17, 15) is 4.79 Å². The Balaban J connectivity index is 1.69. The summed E-state index contributed by atoms with van der Waals surface area (Å²) in [5, 5.41) is 9.41. The van der Waals surface area contributed by atoms with Crippen LogP contribution in [0.25, 0.3) is 0 Å². The molecule has 2 aromatic rings. The van der Waals surface area contributed by atoms with Crippen molar-refractivity contribution < 1.29 is 9.53 Å². The van der Waals surface area contributed by atoms with Crippen LogP contribution in [0.5, 0.6) is 5.75 Å². The van der Waals surface area contributed by atoms with Crippen LogP contribution in [0.1, 0.15) is 17.3 Å². The Bertz CT molecular complexity index is 736. The number of hydrogen-bond acceptors (Lipinski definition) is 4. The Morgan fingerprint density at radius 3 is 2.43 bits per heavy atom. The monoisotopic (exact) mass is 400 g/mol. The molecule has 0 aliphatic carbocycles. The molecule has 1 amide bonds. The van der Waals surface area contributed by atoms with Crippen LogP contribution in [0.2, 0.25) is 0 Å². The second kappa shape index (κ2) is 12.7. The highest BCUT2D eigenvalue weighted by atomic mass is 32.2. The van der Waals surface area contributed by atoms with Crippen LogP contribution in [0.4, 0.5) is 0 Å². The van der Waals surface area contributed by atoms with Crippen molar-refractivity contribution >= 4 is 23.6 Å². The molecule has 28 heavy (non-hydrogen) atoms. The van der Waals surface area contributed by atoms with E-state index in [0.29, 0.717) is 18.7 Å². The summed E-state index contributed by atoms with van der Waals surface area (Å²) in [6, 6.07) is 17.3. The molecule has 3 N–H and O–H groups in total. The molecule has 0 bridgehead atoms. The number of ether oxygens (including phenoxy) is 1. The first-order chi connectivity index (χ1) is 13.7. The molecule has 0 saturated heterocycles. The lowest BCUT2D eigenvalue weighted by atomic mass is 10.2. The topological polar surface area (TPSA) is 74.8 Å². The SMILES string of the molecule is CCNC(=NCCNC(=O)c1ccc(OC)cc1)NCCSc1ccccc1. The first-order valence-electron chi connectivity index (χ1n) is 9.35. The first-order valence-corrected chi connectivity index (χ1v) is 10.3. The van der Waals surface area contributed by atoms with Gasteiger partial charge in [0.1, 0.15) is 5.75 Å². The molecule has 0 aliphatic rings. The zero-order valence-corrected chi connectivity index (χ0v) is 17.2. The second-order valence-corrected chi connectivity index (χ2v) is 7.00. The van der Waals surface area contributed by atoms with E-state index in [4.69, 9.17) is 4.74 Å². The molecule has 0 fully saturated rings. The maximum Gasteiger partial charge on any atom is 0.251 e. The van der Waals surface area contributed by atoms with Crippen molar-refractivity contribution in [3.63, 3.8) is 0 Å².